The van der Waals surface area contributed by atoms with Gasteiger partial charge in [-0.15, -0.1) is 5.10 Å². The maximum absolute atomic E-state index is 4.73. The summed E-state index contributed by atoms with van der Waals surface area (Å²) in [5, 5.41) is 20.2. The molecule has 0 amide bonds. The molecule has 0 unspecified atom stereocenters. The molecule has 1 aromatic carbocycles. The lowest BCUT2D eigenvalue weighted by molar-refractivity contribution is 0.664. The van der Waals surface area contributed by atoms with Gasteiger partial charge in [0.1, 0.15) is 5.82 Å². The van der Waals surface area contributed by atoms with Crippen molar-refractivity contribution in [1.29, 1.82) is 0 Å². The number of hydrogen-bond acceptors (Lipinski definition) is 7. The zero-order valence-corrected chi connectivity index (χ0v) is 15.3. The minimum atomic E-state index is 0.754. The van der Waals surface area contributed by atoms with E-state index in [2.05, 4.69) is 38.1 Å². The van der Waals surface area contributed by atoms with E-state index in [-0.39, 0.29) is 0 Å². The maximum atomic E-state index is 4.73. The second-order valence-corrected chi connectivity index (χ2v) is 6.87. The van der Waals surface area contributed by atoms with E-state index >= 15 is 0 Å². The van der Waals surface area contributed by atoms with Crippen LogP contribution in [0.1, 0.15) is 5.69 Å². The molecule has 0 saturated heterocycles. The minimum Gasteiger partial charge on any atom is -0.369 e. The van der Waals surface area contributed by atoms with Gasteiger partial charge in [0.15, 0.2) is 5.65 Å². The van der Waals surface area contributed by atoms with Crippen molar-refractivity contribution >= 4 is 23.2 Å². The summed E-state index contributed by atoms with van der Waals surface area (Å²) in [5.41, 5.74) is 3.77. The molecule has 0 saturated carbocycles. The molecule has 0 spiro atoms. The Balaban J connectivity index is 1.56. The van der Waals surface area contributed by atoms with Crippen LogP contribution in [0.3, 0.4) is 0 Å². The number of rotatable bonds is 6. The molecule has 8 nitrogen and oxygen atoms in total. The van der Waals surface area contributed by atoms with Crippen LogP contribution in [0.4, 0.5) is 5.82 Å². The smallest absolute Gasteiger partial charge is 0.209 e. The Kier molecular flexibility index (Phi) is 4.53. The number of aromatic nitrogens is 7. The number of nitrogens with one attached hydrogen (secondary N) is 1. The Bertz CT molecular complexity index is 1020. The molecule has 0 bridgehead atoms. The normalized spacial score (nSPS) is 11.2. The third-order valence-corrected chi connectivity index (χ3v) is 4.85. The quantitative estimate of drug-likeness (QED) is 0.414. The van der Waals surface area contributed by atoms with E-state index in [4.69, 9.17) is 4.98 Å². The van der Waals surface area contributed by atoms with E-state index < -0.39 is 0 Å². The first-order chi connectivity index (χ1) is 12.7. The van der Waals surface area contributed by atoms with Crippen LogP contribution >= 0.6 is 11.8 Å². The second kappa shape index (κ2) is 7.12. The summed E-state index contributed by atoms with van der Waals surface area (Å²) in [4.78, 5) is 4.73. The van der Waals surface area contributed by atoms with Crippen LogP contribution in [-0.2, 0) is 7.05 Å². The fourth-order valence-corrected chi connectivity index (χ4v) is 3.34. The highest BCUT2D eigenvalue weighted by Gasteiger charge is 2.10. The van der Waals surface area contributed by atoms with Crippen LogP contribution in [0.25, 0.3) is 16.9 Å². The predicted octanol–water partition coefficient (Wildman–Crippen LogP) is 2.43. The molecule has 3 aromatic heterocycles. The van der Waals surface area contributed by atoms with Gasteiger partial charge >= 0.3 is 0 Å². The van der Waals surface area contributed by atoms with Crippen molar-refractivity contribution in [2.75, 3.05) is 17.6 Å². The van der Waals surface area contributed by atoms with Crippen molar-refractivity contribution in [2.24, 2.45) is 7.05 Å². The summed E-state index contributed by atoms with van der Waals surface area (Å²) < 4.78 is 3.51. The Morgan fingerprint density at radius 2 is 2.00 bits per heavy atom. The van der Waals surface area contributed by atoms with Gasteiger partial charge < -0.3 is 5.32 Å². The SMILES string of the molecule is Cc1cc2nc(-c3ccccc3)cc(NCCSc3nnnn3C)n2n1. The molecule has 4 rings (SSSR count). The highest BCUT2D eigenvalue weighted by Crippen LogP contribution is 2.23. The molecular weight excluding hydrogens is 348 g/mol. The first-order valence-corrected chi connectivity index (χ1v) is 9.21. The predicted molar refractivity (Wildman–Crippen MR) is 101 cm³/mol. The summed E-state index contributed by atoms with van der Waals surface area (Å²) in [6, 6.07) is 14.2. The Hall–Kier alpha value is -2.94. The lowest BCUT2D eigenvalue weighted by atomic mass is 10.1. The lowest BCUT2D eigenvalue weighted by Crippen LogP contribution is -2.10. The van der Waals surface area contributed by atoms with Gasteiger partial charge in [-0.25, -0.2) is 9.67 Å². The third-order valence-electron chi connectivity index (χ3n) is 3.84. The van der Waals surface area contributed by atoms with Crippen LogP contribution in [-0.4, -0.2) is 47.1 Å². The van der Waals surface area contributed by atoms with Crippen LogP contribution in [0.15, 0.2) is 47.6 Å². The number of nitrogens with zero attached hydrogens (tertiary/aromatic N) is 7. The Morgan fingerprint density at radius 1 is 1.15 bits per heavy atom. The van der Waals surface area contributed by atoms with Crippen molar-refractivity contribution in [1.82, 2.24) is 34.8 Å². The van der Waals surface area contributed by atoms with Crippen molar-refractivity contribution in [3.8, 4) is 11.3 Å². The summed E-state index contributed by atoms with van der Waals surface area (Å²) in [6.07, 6.45) is 0. The molecule has 0 fully saturated rings. The molecule has 0 radical (unpaired) electrons. The summed E-state index contributed by atoms with van der Waals surface area (Å²) >= 11 is 1.60. The average molecular weight is 366 g/mol. The zero-order valence-electron chi connectivity index (χ0n) is 14.5. The Morgan fingerprint density at radius 3 is 2.77 bits per heavy atom. The highest BCUT2D eigenvalue weighted by atomic mass is 32.2. The minimum absolute atomic E-state index is 0.754. The second-order valence-electron chi connectivity index (χ2n) is 5.81. The number of benzene rings is 1. The average Bonchev–Trinajstić information content (AvgIpc) is 3.23. The van der Waals surface area contributed by atoms with Gasteiger partial charge in [0.25, 0.3) is 0 Å². The number of tetrazole rings is 1. The van der Waals surface area contributed by atoms with E-state index in [1.54, 1.807) is 16.4 Å². The maximum Gasteiger partial charge on any atom is 0.209 e. The van der Waals surface area contributed by atoms with Gasteiger partial charge in [-0.1, -0.05) is 42.1 Å². The van der Waals surface area contributed by atoms with Gasteiger partial charge in [-0.3, -0.25) is 0 Å². The fourth-order valence-electron chi connectivity index (χ4n) is 2.64. The summed E-state index contributed by atoms with van der Waals surface area (Å²) in [5.74, 6) is 1.75. The standard InChI is InChI=1S/C17H18N8S/c1-12-10-16-19-14(13-6-4-3-5-7-13)11-15(25(16)21-12)18-8-9-26-17-20-22-23-24(17)2/h3-7,10-11,18H,8-9H2,1-2H3. The molecule has 1 N–H and O–H groups in total. The third kappa shape index (κ3) is 3.38. The van der Waals surface area contributed by atoms with Crippen LogP contribution < -0.4 is 5.32 Å². The van der Waals surface area contributed by atoms with Gasteiger partial charge in [0.05, 0.1) is 11.4 Å². The topological polar surface area (TPSA) is 85.8 Å². The first-order valence-electron chi connectivity index (χ1n) is 8.22. The molecule has 0 aliphatic carbocycles. The number of thioether (sulfide) groups is 1. The highest BCUT2D eigenvalue weighted by molar-refractivity contribution is 7.99. The van der Waals surface area contributed by atoms with Gasteiger partial charge in [0.2, 0.25) is 5.16 Å². The zero-order chi connectivity index (χ0) is 17.9. The largest absolute Gasteiger partial charge is 0.369 e. The number of anilines is 1. The monoisotopic (exact) mass is 366 g/mol. The first kappa shape index (κ1) is 16.5. The molecule has 4 aromatic rings. The van der Waals surface area contributed by atoms with Gasteiger partial charge in [0, 0.05) is 37.0 Å². The summed E-state index contributed by atoms with van der Waals surface area (Å²) in [7, 11) is 1.83. The molecular formula is C17H18N8S. The van der Waals surface area contributed by atoms with Crippen molar-refractivity contribution < 1.29 is 0 Å². The molecule has 132 valence electrons. The number of hydrogen-bond donors (Lipinski definition) is 1. The van der Waals surface area contributed by atoms with Gasteiger partial charge in [-0.05, 0) is 17.4 Å². The summed E-state index contributed by atoms with van der Waals surface area (Å²) in [6.45, 7) is 2.72. The number of aryl methyl sites for hydroxylation is 2. The number of fused-ring (bicyclic) bond motifs is 1. The van der Waals surface area contributed by atoms with Crippen LogP contribution in [0.2, 0.25) is 0 Å². The van der Waals surface area contributed by atoms with Crippen molar-refractivity contribution in [3.05, 3.63) is 48.2 Å². The Labute approximate surface area is 154 Å². The van der Waals surface area contributed by atoms with E-state index in [0.717, 1.165) is 45.9 Å². The molecule has 3 heterocycles. The molecule has 0 atom stereocenters. The van der Waals surface area contributed by atoms with E-state index in [0.29, 0.717) is 0 Å². The van der Waals surface area contributed by atoms with Crippen LogP contribution in [0.5, 0.6) is 0 Å². The van der Waals surface area contributed by atoms with E-state index in [1.807, 2.05) is 48.8 Å². The van der Waals surface area contributed by atoms with Crippen molar-refractivity contribution in [2.45, 2.75) is 12.1 Å². The molecule has 0 aliphatic heterocycles. The van der Waals surface area contributed by atoms with E-state index in [9.17, 15) is 0 Å². The molecule has 9 heteroatoms. The molecule has 26 heavy (non-hydrogen) atoms. The van der Waals surface area contributed by atoms with E-state index in [1.165, 1.54) is 0 Å². The van der Waals surface area contributed by atoms with Crippen LogP contribution in [0, 0.1) is 6.92 Å². The molecule has 0 aliphatic rings. The van der Waals surface area contributed by atoms with Crippen molar-refractivity contribution in [3.63, 3.8) is 0 Å². The fraction of sp³-hybridized carbons (Fsp3) is 0.235. The lowest BCUT2D eigenvalue weighted by Gasteiger charge is -2.10. The van der Waals surface area contributed by atoms with Gasteiger partial charge in [-0.2, -0.15) is 9.61 Å².